The average Bonchev–Trinajstić information content (AvgIpc) is 2.85. The van der Waals surface area contributed by atoms with Crippen molar-refractivity contribution in [2.45, 2.75) is 47.0 Å². The molecule has 0 bridgehead atoms. The summed E-state index contributed by atoms with van der Waals surface area (Å²) >= 11 is 0. The first-order chi connectivity index (χ1) is 18.5. The Balaban J connectivity index is 2.13. The number of hydrogen-bond acceptors (Lipinski definition) is 6. The number of carbonyl (C=O) groups excluding carboxylic acids is 2. The van der Waals surface area contributed by atoms with Crippen LogP contribution in [0.2, 0.25) is 0 Å². The van der Waals surface area contributed by atoms with Crippen molar-refractivity contribution in [1.29, 1.82) is 0 Å². The maximum atomic E-state index is 11.6. The van der Waals surface area contributed by atoms with Gasteiger partial charge in [0.25, 0.3) is 0 Å². The highest BCUT2D eigenvalue weighted by Crippen LogP contribution is 2.27. The van der Waals surface area contributed by atoms with Crippen LogP contribution < -0.4 is 9.47 Å². The second-order valence-electron chi connectivity index (χ2n) is 9.86. The van der Waals surface area contributed by atoms with E-state index in [9.17, 15) is 9.59 Å². The molecule has 2 aromatic carbocycles. The van der Waals surface area contributed by atoms with Gasteiger partial charge in [-0.15, -0.1) is 0 Å². The summed E-state index contributed by atoms with van der Waals surface area (Å²) in [5, 5.41) is 0. The van der Waals surface area contributed by atoms with Crippen molar-refractivity contribution in [2.24, 2.45) is 0 Å². The van der Waals surface area contributed by atoms with Gasteiger partial charge in [-0.05, 0) is 81.3 Å². The molecule has 0 aliphatic heterocycles. The lowest BCUT2D eigenvalue weighted by molar-refractivity contribution is -0.140. The molecule has 0 atom stereocenters. The van der Waals surface area contributed by atoms with Crippen LogP contribution in [0.25, 0.3) is 0 Å². The molecule has 208 valence electrons. The fraction of sp³-hybridized carbons (Fsp3) is 0.333. The zero-order valence-corrected chi connectivity index (χ0v) is 23.7. The minimum absolute atomic E-state index is 0.149. The van der Waals surface area contributed by atoms with Gasteiger partial charge in [0.15, 0.2) is 0 Å². The van der Waals surface area contributed by atoms with E-state index in [4.69, 9.17) is 18.9 Å². The van der Waals surface area contributed by atoms with Gasteiger partial charge >= 0.3 is 11.9 Å². The smallest absolute Gasteiger partial charge is 0.333 e. The summed E-state index contributed by atoms with van der Waals surface area (Å²) in [4.78, 5) is 23.2. The van der Waals surface area contributed by atoms with Crippen LogP contribution in [-0.2, 0) is 38.3 Å². The highest BCUT2D eigenvalue weighted by Gasteiger charge is 2.11. The minimum atomic E-state index is -0.426. The first-order valence-electron chi connectivity index (χ1n) is 12.9. The van der Waals surface area contributed by atoms with Crippen LogP contribution in [0, 0.1) is 0 Å². The Morgan fingerprint density at radius 1 is 0.615 bits per heavy atom. The van der Waals surface area contributed by atoms with Gasteiger partial charge in [0.1, 0.15) is 37.9 Å². The number of carbonyl (C=O) groups is 2. The topological polar surface area (TPSA) is 71.1 Å². The van der Waals surface area contributed by atoms with E-state index < -0.39 is 11.9 Å². The molecule has 0 heterocycles. The molecule has 6 heteroatoms. The molecule has 39 heavy (non-hydrogen) atoms. The predicted molar refractivity (Wildman–Crippen MR) is 155 cm³/mol. The second kappa shape index (κ2) is 15.4. The van der Waals surface area contributed by atoms with Crippen LogP contribution in [0.5, 0.6) is 11.5 Å². The predicted octanol–water partition coefficient (Wildman–Crippen LogP) is 6.51. The number of rotatable bonds is 16. The van der Waals surface area contributed by atoms with Gasteiger partial charge in [0.2, 0.25) is 0 Å². The lowest BCUT2D eigenvalue weighted by atomic mass is 9.96. The van der Waals surface area contributed by atoms with E-state index in [1.165, 1.54) is 0 Å². The maximum absolute atomic E-state index is 11.6. The highest BCUT2D eigenvalue weighted by molar-refractivity contribution is 5.87. The van der Waals surface area contributed by atoms with Crippen LogP contribution in [0.4, 0.5) is 0 Å². The monoisotopic (exact) mass is 532 g/mol. The highest BCUT2D eigenvalue weighted by atomic mass is 16.6. The first-order valence-corrected chi connectivity index (χ1v) is 12.9. The molecule has 0 fully saturated rings. The van der Waals surface area contributed by atoms with Crippen molar-refractivity contribution in [3.63, 3.8) is 0 Å². The third-order valence-corrected chi connectivity index (χ3v) is 5.49. The van der Waals surface area contributed by atoms with Crippen LogP contribution in [-0.4, -0.2) is 38.4 Å². The molecule has 0 N–H and O–H groups in total. The Bertz CT molecular complexity index is 1140. The number of ether oxygens (including phenoxy) is 4. The SMILES string of the molecule is C=C(C)Cc1cc(Cc2ccc(OCCOC(=O)C(=C)C)c(CC(=C)C)c2)ccc1OCCOC(=O)C(=C)C. The Morgan fingerprint density at radius 3 is 1.33 bits per heavy atom. The first kappa shape index (κ1) is 31.2. The third-order valence-electron chi connectivity index (χ3n) is 5.49. The molecule has 0 unspecified atom stereocenters. The molecule has 6 nitrogen and oxygen atoms in total. The summed E-state index contributed by atoms with van der Waals surface area (Å²) in [5.41, 5.74) is 7.07. The van der Waals surface area contributed by atoms with E-state index in [-0.39, 0.29) is 26.4 Å². The third kappa shape index (κ3) is 11.1. The standard InChI is InChI=1S/C33H40O6/c1-22(2)17-28-20-26(9-11-30(28)36-13-15-38-32(34)24(5)6)19-27-10-12-31(29(21-27)18-23(3)4)37-14-16-39-33(35)25(7)8/h9-12,20-21H,1,3,5,7,13-19H2,2,4,6,8H3. The van der Waals surface area contributed by atoms with Gasteiger partial charge in [-0.3, -0.25) is 0 Å². The second-order valence-corrected chi connectivity index (χ2v) is 9.86. The molecule has 0 aliphatic carbocycles. The van der Waals surface area contributed by atoms with E-state index in [1.54, 1.807) is 13.8 Å². The molecule has 0 amide bonds. The van der Waals surface area contributed by atoms with Crippen molar-refractivity contribution in [2.75, 3.05) is 26.4 Å². The van der Waals surface area contributed by atoms with E-state index >= 15 is 0 Å². The fourth-order valence-corrected chi connectivity index (χ4v) is 3.75. The lowest BCUT2D eigenvalue weighted by Crippen LogP contribution is -2.13. The molecule has 0 spiro atoms. The summed E-state index contributed by atoms with van der Waals surface area (Å²) in [7, 11) is 0. The molecule has 2 aromatic rings. The lowest BCUT2D eigenvalue weighted by Gasteiger charge is -2.16. The largest absolute Gasteiger partial charge is 0.490 e. The van der Waals surface area contributed by atoms with Gasteiger partial charge in [0, 0.05) is 11.1 Å². The van der Waals surface area contributed by atoms with E-state index in [1.807, 2.05) is 38.1 Å². The average molecular weight is 533 g/mol. The Labute approximate surface area is 232 Å². The summed E-state index contributed by atoms with van der Waals surface area (Å²) in [6.07, 6.45) is 2.08. The normalized spacial score (nSPS) is 10.4. The van der Waals surface area contributed by atoms with Crippen molar-refractivity contribution in [1.82, 2.24) is 0 Å². The molecule has 0 radical (unpaired) electrons. The van der Waals surface area contributed by atoms with Crippen molar-refractivity contribution >= 4 is 11.9 Å². The molecule has 0 saturated heterocycles. The van der Waals surface area contributed by atoms with Crippen LogP contribution in [0.3, 0.4) is 0 Å². The van der Waals surface area contributed by atoms with Crippen LogP contribution in [0.1, 0.15) is 49.9 Å². The fourth-order valence-electron chi connectivity index (χ4n) is 3.75. The Morgan fingerprint density at radius 2 is 1.00 bits per heavy atom. The quantitative estimate of drug-likeness (QED) is 0.106. The van der Waals surface area contributed by atoms with Gasteiger partial charge in [-0.1, -0.05) is 61.7 Å². The van der Waals surface area contributed by atoms with Crippen molar-refractivity contribution in [3.8, 4) is 11.5 Å². The van der Waals surface area contributed by atoms with Gasteiger partial charge in [-0.2, -0.15) is 0 Å². The maximum Gasteiger partial charge on any atom is 0.333 e. The molecule has 0 aliphatic rings. The van der Waals surface area contributed by atoms with Crippen LogP contribution in [0.15, 0.2) is 85.0 Å². The number of benzene rings is 2. The van der Waals surface area contributed by atoms with Gasteiger partial charge in [0.05, 0.1) is 0 Å². The van der Waals surface area contributed by atoms with E-state index in [2.05, 4.69) is 38.4 Å². The molecular formula is C33H40O6. The number of esters is 2. The van der Waals surface area contributed by atoms with Gasteiger partial charge in [-0.25, -0.2) is 9.59 Å². The zero-order valence-electron chi connectivity index (χ0n) is 23.7. The molecule has 0 saturated carbocycles. The van der Waals surface area contributed by atoms with E-state index in [0.29, 0.717) is 24.0 Å². The molecule has 0 aromatic heterocycles. The molecule has 2 rings (SSSR count). The summed E-state index contributed by atoms with van der Waals surface area (Å²) in [6, 6.07) is 12.2. The minimum Gasteiger partial charge on any atom is -0.490 e. The van der Waals surface area contributed by atoms with Crippen molar-refractivity contribution < 1.29 is 28.5 Å². The molecular weight excluding hydrogens is 492 g/mol. The summed E-state index contributed by atoms with van der Waals surface area (Å²) < 4.78 is 22.1. The van der Waals surface area contributed by atoms with Crippen LogP contribution >= 0.6 is 0 Å². The summed E-state index contributed by atoms with van der Waals surface area (Å²) in [6.45, 7) is 23.2. The Kier molecular flexibility index (Phi) is 12.3. The zero-order chi connectivity index (χ0) is 28.9. The Hall–Kier alpha value is -4.06. The van der Waals surface area contributed by atoms with Gasteiger partial charge < -0.3 is 18.9 Å². The van der Waals surface area contributed by atoms with E-state index in [0.717, 1.165) is 51.3 Å². The number of allylic oxidation sites excluding steroid dienone is 2. The summed E-state index contributed by atoms with van der Waals surface area (Å²) in [5.74, 6) is 0.633. The number of hydrogen-bond donors (Lipinski definition) is 0. The van der Waals surface area contributed by atoms with Crippen molar-refractivity contribution in [3.05, 3.63) is 107 Å².